The van der Waals surface area contributed by atoms with Crippen LogP contribution in [0.1, 0.15) is 24.8 Å². The Balaban J connectivity index is 1.61. The molecule has 2 aliphatic rings. The summed E-state index contributed by atoms with van der Waals surface area (Å²) in [5.41, 5.74) is 1.27. The Morgan fingerprint density at radius 1 is 1.33 bits per heavy atom. The van der Waals surface area contributed by atoms with E-state index in [-0.39, 0.29) is 0 Å². The number of rotatable bonds is 3. The first-order chi connectivity index (χ1) is 8.83. The third kappa shape index (κ3) is 2.65. The monoisotopic (exact) mass is 247 g/mol. The summed E-state index contributed by atoms with van der Waals surface area (Å²) in [6, 6.07) is 5.51. The zero-order valence-corrected chi connectivity index (χ0v) is 10.9. The minimum Gasteiger partial charge on any atom is -0.481 e. The predicted octanol–water partition coefficient (Wildman–Crippen LogP) is 1.42. The van der Waals surface area contributed by atoms with Crippen molar-refractivity contribution < 1.29 is 4.74 Å². The fourth-order valence-corrected chi connectivity index (χ4v) is 3.04. The van der Waals surface area contributed by atoms with Crippen LogP contribution in [0.2, 0.25) is 0 Å². The van der Waals surface area contributed by atoms with E-state index in [4.69, 9.17) is 4.74 Å². The Hall–Kier alpha value is -1.13. The topological polar surface area (TPSA) is 37.4 Å². The van der Waals surface area contributed by atoms with E-state index >= 15 is 0 Å². The Kier molecular flexibility index (Phi) is 3.48. The van der Waals surface area contributed by atoms with Crippen LogP contribution in [0.3, 0.4) is 0 Å². The summed E-state index contributed by atoms with van der Waals surface area (Å²) in [5.74, 6) is 0.690. The summed E-state index contributed by atoms with van der Waals surface area (Å²) in [6.07, 6.45) is 5.90. The average molecular weight is 247 g/mol. The van der Waals surface area contributed by atoms with Crippen LogP contribution in [0.25, 0.3) is 0 Å². The van der Waals surface area contributed by atoms with Crippen LogP contribution in [0.4, 0.5) is 0 Å². The second-order valence-electron chi connectivity index (χ2n) is 5.37. The molecule has 3 rings (SSSR count). The minimum atomic E-state index is 0.690. The molecule has 0 spiro atoms. The van der Waals surface area contributed by atoms with Crippen molar-refractivity contribution in [2.24, 2.45) is 0 Å². The maximum atomic E-state index is 5.08. The van der Waals surface area contributed by atoms with Gasteiger partial charge in [-0.3, -0.25) is 4.90 Å². The number of hydrogen-bond donors (Lipinski definition) is 1. The van der Waals surface area contributed by atoms with Gasteiger partial charge in [-0.2, -0.15) is 0 Å². The van der Waals surface area contributed by atoms with E-state index in [0.29, 0.717) is 11.9 Å². The summed E-state index contributed by atoms with van der Waals surface area (Å²) in [6.45, 7) is 3.37. The first kappa shape index (κ1) is 11.9. The van der Waals surface area contributed by atoms with Gasteiger partial charge in [0.2, 0.25) is 5.88 Å². The zero-order chi connectivity index (χ0) is 12.4. The maximum Gasteiger partial charge on any atom is 0.212 e. The van der Waals surface area contributed by atoms with Crippen LogP contribution >= 0.6 is 0 Å². The summed E-state index contributed by atoms with van der Waals surface area (Å²) >= 11 is 0. The molecular weight excluding hydrogens is 226 g/mol. The number of pyridine rings is 1. The highest BCUT2D eigenvalue weighted by Crippen LogP contribution is 2.21. The van der Waals surface area contributed by atoms with Gasteiger partial charge in [-0.15, -0.1) is 0 Å². The number of nitrogens with one attached hydrogen (secondary N) is 1. The van der Waals surface area contributed by atoms with E-state index in [0.717, 1.165) is 12.6 Å². The van der Waals surface area contributed by atoms with E-state index in [1.54, 1.807) is 7.11 Å². The minimum absolute atomic E-state index is 0.690. The van der Waals surface area contributed by atoms with Crippen molar-refractivity contribution in [3.8, 4) is 5.88 Å². The molecule has 0 saturated carbocycles. The van der Waals surface area contributed by atoms with E-state index < -0.39 is 0 Å². The number of hydrogen-bond acceptors (Lipinski definition) is 4. The Labute approximate surface area is 108 Å². The van der Waals surface area contributed by atoms with Gasteiger partial charge in [0.1, 0.15) is 0 Å². The SMILES string of the molecule is COc1ccc(CN2CCC3CCC(C2)N3)cn1. The largest absolute Gasteiger partial charge is 0.481 e. The molecule has 1 N–H and O–H groups in total. The standard InChI is InChI=1S/C14H21N3O/c1-18-14-5-2-11(8-15-14)9-17-7-6-12-3-4-13(10-17)16-12/h2,5,8,12-13,16H,3-4,6-7,9-10H2,1H3. The average Bonchev–Trinajstić information content (AvgIpc) is 2.74. The predicted molar refractivity (Wildman–Crippen MR) is 70.6 cm³/mol. The van der Waals surface area contributed by atoms with Crippen molar-refractivity contribution >= 4 is 0 Å². The van der Waals surface area contributed by atoms with Gasteiger partial charge in [0.25, 0.3) is 0 Å². The molecular formula is C14H21N3O. The van der Waals surface area contributed by atoms with Crippen LogP contribution in [0.15, 0.2) is 18.3 Å². The maximum absolute atomic E-state index is 5.08. The van der Waals surface area contributed by atoms with Gasteiger partial charge in [-0.25, -0.2) is 4.98 Å². The van der Waals surface area contributed by atoms with Crippen LogP contribution in [-0.2, 0) is 6.54 Å². The lowest BCUT2D eigenvalue weighted by molar-refractivity contribution is 0.250. The number of likely N-dealkylation sites (tertiary alicyclic amines) is 1. The van der Waals surface area contributed by atoms with Crippen molar-refractivity contribution in [1.29, 1.82) is 0 Å². The van der Waals surface area contributed by atoms with Crippen LogP contribution < -0.4 is 10.1 Å². The second kappa shape index (κ2) is 5.24. The summed E-state index contributed by atoms with van der Waals surface area (Å²) in [7, 11) is 1.65. The molecule has 18 heavy (non-hydrogen) atoms. The lowest BCUT2D eigenvalue weighted by Crippen LogP contribution is -2.34. The molecule has 2 bridgehead atoms. The highest BCUT2D eigenvalue weighted by Gasteiger charge is 2.28. The Bertz CT molecular complexity index is 393. The first-order valence-corrected chi connectivity index (χ1v) is 6.81. The first-order valence-electron chi connectivity index (χ1n) is 6.81. The van der Waals surface area contributed by atoms with E-state index in [1.165, 1.54) is 37.9 Å². The molecule has 4 nitrogen and oxygen atoms in total. The highest BCUT2D eigenvalue weighted by atomic mass is 16.5. The molecule has 0 aromatic carbocycles. The Morgan fingerprint density at radius 3 is 3.00 bits per heavy atom. The molecule has 4 heteroatoms. The molecule has 2 saturated heterocycles. The number of nitrogens with zero attached hydrogens (tertiary/aromatic N) is 2. The molecule has 1 aromatic heterocycles. The molecule has 2 unspecified atom stereocenters. The lowest BCUT2D eigenvalue weighted by atomic mass is 10.1. The molecule has 2 fully saturated rings. The van der Waals surface area contributed by atoms with Crippen molar-refractivity contribution in [2.45, 2.75) is 37.9 Å². The molecule has 2 aliphatic heterocycles. The second-order valence-corrected chi connectivity index (χ2v) is 5.37. The molecule has 0 radical (unpaired) electrons. The molecule has 0 aliphatic carbocycles. The smallest absolute Gasteiger partial charge is 0.212 e. The third-order valence-electron chi connectivity index (χ3n) is 4.02. The van der Waals surface area contributed by atoms with Gasteiger partial charge in [0, 0.05) is 44.0 Å². The lowest BCUT2D eigenvalue weighted by Gasteiger charge is -2.23. The van der Waals surface area contributed by atoms with Gasteiger partial charge in [-0.05, 0) is 24.8 Å². The fourth-order valence-electron chi connectivity index (χ4n) is 3.04. The van der Waals surface area contributed by atoms with Crippen molar-refractivity contribution in [1.82, 2.24) is 15.2 Å². The molecule has 3 heterocycles. The number of aromatic nitrogens is 1. The fraction of sp³-hybridized carbons (Fsp3) is 0.643. The van der Waals surface area contributed by atoms with Crippen molar-refractivity contribution in [2.75, 3.05) is 20.2 Å². The van der Waals surface area contributed by atoms with Crippen molar-refractivity contribution in [3.05, 3.63) is 23.9 Å². The summed E-state index contributed by atoms with van der Waals surface area (Å²) in [5, 5.41) is 3.71. The third-order valence-corrected chi connectivity index (χ3v) is 4.02. The van der Waals surface area contributed by atoms with Gasteiger partial charge < -0.3 is 10.1 Å². The van der Waals surface area contributed by atoms with Gasteiger partial charge >= 0.3 is 0 Å². The van der Waals surface area contributed by atoms with Crippen molar-refractivity contribution in [3.63, 3.8) is 0 Å². The van der Waals surface area contributed by atoms with Gasteiger partial charge in [0.15, 0.2) is 0 Å². The van der Waals surface area contributed by atoms with Gasteiger partial charge in [-0.1, -0.05) is 6.07 Å². The molecule has 98 valence electrons. The summed E-state index contributed by atoms with van der Waals surface area (Å²) in [4.78, 5) is 6.81. The normalized spacial score (nSPS) is 28.1. The Morgan fingerprint density at radius 2 is 2.22 bits per heavy atom. The molecule has 2 atom stereocenters. The number of ether oxygens (including phenoxy) is 1. The number of methoxy groups -OCH3 is 1. The number of fused-ring (bicyclic) bond motifs is 2. The van der Waals surface area contributed by atoms with Crippen LogP contribution in [0, 0.1) is 0 Å². The van der Waals surface area contributed by atoms with Gasteiger partial charge in [0.05, 0.1) is 7.11 Å². The zero-order valence-electron chi connectivity index (χ0n) is 10.9. The molecule has 0 amide bonds. The van der Waals surface area contributed by atoms with Crippen LogP contribution in [0.5, 0.6) is 5.88 Å². The molecule has 1 aromatic rings. The highest BCUT2D eigenvalue weighted by molar-refractivity contribution is 5.17. The summed E-state index contributed by atoms with van der Waals surface area (Å²) < 4.78 is 5.08. The quantitative estimate of drug-likeness (QED) is 0.876. The van der Waals surface area contributed by atoms with E-state index in [1.807, 2.05) is 12.3 Å². The van der Waals surface area contributed by atoms with E-state index in [9.17, 15) is 0 Å². The van der Waals surface area contributed by atoms with Crippen LogP contribution in [-0.4, -0.2) is 42.2 Å². The van der Waals surface area contributed by atoms with E-state index in [2.05, 4.69) is 21.3 Å².